The first kappa shape index (κ1) is 12.5. The number of piperidine rings is 1. The number of hydrogen-bond donors (Lipinski definition) is 2. The predicted octanol–water partition coefficient (Wildman–Crippen LogP) is 0.532. The Morgan fingerprint density at radius 1 is 1.61 bits per heavy atom. The van der Waals surface area contributed by atoms with Crippen LogP contribution in [0.2, 0.25) is 0 Å². The van der Waals surface area contributed by atoms with Crippen molar-refractivity contribution in [3.63, 3.8) is 0 Å². The van der Waals surface area contributed by atoms with Gasteiger partial charge < -0.3 is 10.6 Å². The number of nitrogens with zero attached hydrogens (tertiary/aromatic N) is 1. The van der Waals surface area contributed by atoms with E-state index in [1.54, 1.807) is 12.4 Å². The van der Waals surface area contributed by atoms with E-state index in [1.165, 1.54) is 0 Å². The first-order valence-corrected chi connectivity index (χ1v) is 6.10. The normalized spacial score (nSPS) is 19.2. The van der Waals surface area contributed by atoms with Crippen molar-refractivity contribution in [2.75, 3.05) is 6.54 Å². The number of amides is 2. The van der Waals surface area contributed by atoms with Crippen LogP contribution in [-0.4, -0.2) is 23.3 Å². The third-order valence-corrected chi connectivity index (χ3v) is 3.24. The minimum Gasteiger partial charge on any atom is -0.355 e. The summed E-state index contributed by atoms with van der Waals surface area (Å²) >= 11 is 0. The van der Waals surface area contributed by atoms with Crippen molar-refractivity contribution in [2.24, 2.45) is 5.92 Å². The summed E-state index contributed by atoms with van der Waals surface area (Å²) in [6.07, 6.45) is 4.56. The van der Waals surface area contributed by atoms with Gasteiger partial charge in [0.15, 0.2) is 0 Å². The molecule has 0 saturated carbocycles. The molecule has 1 aromatic heterocycles. The zero-order valence-electron chi connectivity index (χ0n) is 10.4. The summed E-state index contributed by atoms with van der Waals surface area (Å²) in [4.78, 5) is 26.9. The summed E-state index contributed by atoms with van der Waals surface area (Å²) in [7, 11) is 0. The molecule has 2 amide bonds. The summed E-state index contributed by atoms with van der Waals surface area (Å²) in [6, 6.07) is 1.92. The van der Waals surface area contributed by atoms with Crippen LogP contribution in [0.5, 0.6) is 0 Å². The highest BCUT2D eigenvalue weighted by atomic mass is 16.2. The van der Waals surface area contributed by atoms with Crippen LogP contribution in [0.1, 0.15) is 24.0 Å². The van der Waals surface area contributed by atoms with E-state index in [4.69, 9.17) is 0 Å². The first-order valence-electron chi connectivity index (χ1n) is 6.10. The minimum absolute atomic E-state index is 0.00162. The second kappa shape index (κ2) is 5.62. The van der Waals surface area contributed by atoms with E-state index in [0.29, 0.717) is 25.9 Å². The summed E-state index contributed by atoms with van der Waals surface area (Å²) in [5.74, 6) is -0.0833. The highest BCUT2D eigenvalue weighted by molar-refractivity contribution is 5.83. The molecule has 5 heteroatoms. The van der Waals surface area contributed by atoms with E-state index in [2.05, 4.69) is 15.6 Å². The molecule has 1 aliphatic rings. The van der Waals surface area contributed by atoms with Crippen molar-refractivity contribution >= 4 is 11.8 Å². The first-order chi connectivity index (χ1) is 8.66. The molecule has 0 aromatic carbocycles. The van der Waals surface area contributed by atoms with Gasteiger partial charge in [0.1, 0.15) is 0 Å². The summed E-state index contributed by atoms with van der Waals surface area (Å²) < 4.78 is 0. The van der Waals surface area contributed by atoms with Crippen LogP contribution in [0, 0.1) is 12.8 Å². The van der Waals surface area contributed by atoms with E-state index in [-0.39, 0.29) is 17.7 Å². The van der Waals surface area contributed by atoms with Crippen LogP contribution >= 0.6 is 0 Å². The molecule has 1 aromatic rings. The lowest BCUT2D eigenvalue weighted by molar-refractivity contribution is -0.129. The fourth-order valence-electron chi connectivity index (χ4n) is 1.97. The van der Waals surface area contributed by atoms with Crippen molar-refractivity contribution in [3.8, 4) is 0 Å². The monoisotopic (exact) mass is 247 g/mol. The van der Waals surface area contributed by atoms with Gasteiger partial charge >= 0.3 is 0 Å². The van der Waals surface area contributed by atoms with E-state index in [0.717, 1.165) is 11.1 Å². The molecule has 0 aliphatic carbocycles. The minimum atomic E-state index is -0.111. The van der Waals surface area contributed by atoms with Gasteiger partial charge in [-0.2, -0.15) is 0 Å². The second-order valence-electron chi connectivity index (χ2n) is 4.56. The largest absolute Gasteiger partial charge is 0.355 e. The molecule has 5 nitrogen and oxygen atoms in total. The number of carbonyl (C=O) groups excluding carboxylic acids is 2. The van der Waals surface area contributed by atoms with Crippen LogP contribution < -0.4 is 10.6 Å². The Balaban J connectivity index is 1.85. The molecule has 0 spiro atoms. The van der Waals surface area contributed by atoms with E-state index in [9.17, 15) is 9.59 Å². The molecule has 2 rings (SSSR count). The van der Waals surface area contributed by atoms with Gasteiger partial charge in [0, 0.05) is 31.9 Å². The standard InChI is InChI=1S/C13H17N3O2/c1-9-4-5-14-6-11(9)8-16-13(18)10-2-3-12(17)15-7-10/h4-6,10H,2-3,7-8H2,1H3,(H,15,17)(H,16,18). The fourth-order valence-corrected chi connectivity index (χ4v) is 1.97. The maximum atomic E-state index is 11.9. The van der Waals surface area contributed by atoms with Crippen molar-refractivity contribution < 1.29 is 9.59 Å². The Hall–Kier alpha value is -1.91. The fraction of sp³-hybridized carbons (Fsp3) is 0.462. The van der Waals surface area contributed by atoms with Crippen LogP contribution in [-0.2, 0) is 16.1 Å². The van der Waals surface area contributed by atoms with Gasteiger partial charge in [-0.1, -0.05) is 0 Å². The summed E-state index contributed by atoms with van der Waals surface area (Å²) in [5.41, 5.74) is 2.13. The van der Waals surface area contributed by atoms with Crippen LogP contribution in [0.15, 0.2) is 18.5 Å². The quantitative estimate of drug-likeness (QED) is 0.818. The van der Waals surface area contributed by atoms with Crippen molar-refractivity contribution in [2.45, 2.75) is 26.3 Å². The molecule has 1 aliphatic heterocycles. The maximum Gasteiger partial charge on any atom is 0.225 e. The van der Waals surface area contributed by atoms with Gasteiger partial charge in [-0.3, -0.25) is 14.6 Å². The molecule has 1 fully saturated rings. The SMILES string of the molecule is Cc1ccncc1CNC(=O)C1CCC(=O)NC1. The summed E-state index contributed by atoms with van der Waals surface area (Å²) in [5, 5.41) is 5.60. The summed E-state index contributed by atoms with van der Waals surface area (Å²) in [6.45, 7) is 2.92. The Labute approximate surface area is 106 Å². The van der Waals surface area contributed by atoms with E-state index in [1.807, 2.05) is 13.0 Å². The number of rotatable bonds is 3. The number of hydrogen-bond acceptors (Lipinski definition) is 3. The molecule has 1 unspecified atom stereocenters. The highest BCUT2D eigenvalue weighted by Crippen LogP contribution is 2.11. The van der Waals surface area contributed by atoms with Gasteiger partial charge in [-0.05, 0) is 30.5 Å². The zero-order valence-corrected chi connectivity index (χ0v) is 10.4. The molecule has 96 valence electrons. The van der Waals surface area contributed by atoms with Crippen LogP contribution in [0.3, 0.4) is 0 Å². The van der Waals surface area contributed by atoms with E-state index >= 15 is 0 Å². The third-order valence-electron chi connectivity index (χ3n) is 3.24. The topological polar surface area (TPSA) is 71.1 Å². The van der Waals surface area contributed by atoms with Gasteiger partial charge in [0.25, 0.3) is 0 Å². The maximum absolute atomic E-state index is 11.9. The Morgan fingerprint density at radius 3 is 3.11 bits per heavy atom. The second-order valence-corrected chi connectivity index (χ2v) is 4.56. The lowest BCUT2D eigenvalue weighted by Crippen LogP contribution is -2.42. The number of carbonyl (C=O) groups is 2. The molecule has 1 atom stereocenters. The number of nitrogens with one attached hydrogen (secondary N) is 2. The van der Waals surface area contributed by atoms with Gasteiger partial charge in [0.05, 0.1) is 5.92 Å². The predicted molar refractivity (Wildman–Crippen MR) is 66.6 cm³/mol. The average molecular weight is 247 g/mol. The van der Waals surface area contributed by atoms with Crippen LogP contribution in [0.25, 0.3) is 0 Å². The Bertz CT molecular complexity index is 449. The Kier molecular flexibility index (Phi) is 3.92. The molecule has 1 saturated heterocycles. The van der Waals surface area contributed by atoms with Gasteiger partial charge in [-0.25, -0.2) is 0 Å². The van der Waals surface area contributed by atoms with Crippen molar-refractivity contribution in [1.82, 2.24) is 15.6 Å². The third kappa shape index (κ3) is 3.06. The number of pyridine rings is 1. The lowest BCUT2D eigenvalue weighted by Gasteiger charge is -2.21. The molecule has 2 heterocycles. The van der Waals surface area contributed by atoms with E-state index < -0.39 is 0 Å². The lowest BCUT2D eigenvalue weighted by atomic mass is 9.98. The van der Waals surface area contributed by atoms with Gasteiger partial charge in [0.2, 0.25) is 11.8 Å². The van der Waals surface area contributed by atoms with Gasteiger partial charge in [-0.15, -0.1) is 0 Å². The Morgan fingerprint density at radius 2 is 2.44 bits per heavy atom. The molecular formula is C13H17N3O2. The molecular weight excluding hydrogens is 230 g/mol. The molecule has 0 bridgehead atoms. The number of aryl methyl sites for hydroxylation is 1. The molecule has 18 heavy (non-hydrogen) atoms. The average Bonchev–Trinajstić information content (AvgIpc) is 2.38. The van der Waals surface area contributed by atoms with Crippen molar-refractivity contribution in [3.05, 3.63) is 29.6 Å². The highest BCUT2D eigenvalue weighted by Gasteiger charge is 2.24. The van der Waals surface area contributed by atoms with Crippen molar-refractivity contribution in [1.29, 1.82) is 0 Å². The van der Waals surface area contributed by atoms with Crippen LogP contribution in [0.4, 0.5) is 0 Å². The molecule has 2 N–H and O–H groups in total. The molecule has 0 radical (unpaired) electrons. The zero-order chi connectivity index (χ0) is 13.0. The number of aromatic nitrogens is 1. The smallest absolute Gasteiger partial charge is 0.225 e.